The Labute approximate surface area is 109 Å². The lowest BCUT2D eigenvalue weighted by atomic mass is 10.2. The average Bonchev–Trinajstić information content (AvgIpc) is 2.27. The van der Waals surface area contributed by atoms with Crippen molar-refractivity contribution in [3.8, 4) is 0 Å². The van der Waals surface area contributed by atoms with Crippen LogP contribution in [0.1, 0.15) is 5.56 Å². The van der Waals surface area contributed by atoms with Gasteiger partial charge in [-0.1, -0.05) is 18.2 Å². The van der Waals surface area contributed by atoms with Crippen LogP contribution in [0.4, 0.5) is 14.5 Å². The van der Waals surface area contributed by atoms with Crippen molar-refractivity contribution in [1.29, 1.82) is 0 Å². The molecule has 0 saturated heterocycles. The lowest BCUT2D eigenvalue weighted by Crippen LogP contribution is -2.46. The first-order chi connectivity index (χ1) is 8.43. The van der Waals surface area contributed by atoms with E-state index in [-0.39, 0.29) is 9.99 Å². The molecule has 0 fully saturated rings. The van der Waals surface area contributed by atoms with Crippen LogP contribution in [0.3, 0.4) is 0 Å². The van der Waals surface area contributed by atoms with Crippen molar-refractivity contribution < 1.29 is 30.2 Å². The van der Waals surface area contributed by atoms with Crippen molar-refractivity contribution >= 4 is 25.8 Å². The molecule has 6 nitrogen and oxygen atoms in total. The van der Waals surface area contributed by atoms with Gasteiger partial charge >= 0.3 is 24.7 Å². The highest BCUT2D eigenvalue weighted by Crippen LogP contribution is 2.33. The third-order valence-electron chi connectivity index (χ3n) is 2.42. The summed E-state index contributed by atoms with van der Waals surface area (Å²) in [4.78, 5) is 0. The summed E-state index contributed by atoms with van der Waals surface area (Å²) in [5, 5.41) is 0. The number of nitrogens with zero attached hydrogens (tertiary/aromatic N) is 1. The van der Waals surface area contributed by atoms with E-state index in [1.54, 1.807) is 6.07 Å². The molecule has 19 heavy (non-hydrogen) atoms. The number of rotatable bonds is 4. The molecule has 1 aromatic rings. The molecule has 0 spiro atoms. The van der Waals surface area contributed by atoms with Crippen LogP contribution in [-0.4, -0.2) is 33.0 Å². The fourth-order valence-electron chi connectivity index (χ4n) is 1.34. The number of benzene rings is 1. The molecule has 0 aliphatic rings. The summed E-state index contributed by atoms with van der Waals surface area (Å²) in [7, 11) is -10.9. The molecule has 0 aromatic heterocycles. The predicted molar refractivity (Wildman–Crippen MR) is 65.0 cm³/mol. The van der Waals surface area contributed by atoms with Gasteiger partial charge in [0.2, 0.25) is 0 Å². The van der Waals surface area contributed by atoms with Crippen molar-refractivity contribution in [2.24, 2.45) is 0 Å². The second kappa shape index (κ2) is 4.69. The normalized spacial score (nSPS) is 13.3. The van der Waals surface area contributed by atoms with E-state index in [4.69, 9.17) is 4.55 Å². The van der Waals surface area contributed by atoms with Crippen LogP contribution in [0.15, 0.2) is 24.3 Å². The molecule has 0 atom stereocenters. The Morgan fingerprint density at radius 3 is 2.05 bits per heavy atom. The first kappa shape index (κ1) is 15.8. The molecular formula is C9H11F2NO5S2. The van der Waals surface area contributed by atoms with Crippen LogP contribution in [0.5, 0.6) is 0 Å². The first-order valence-electron chi connectivity index (χ1n) is 4.82. The lowest BCUT2D eigenvalue weighted by molar-refractivity contribution is 0.166. The van der Waals surface area contributed by atoms with Crippen LogP contribution >= 0.6 is 0 Å². The first-order valence-corrected chi connectivity index (χ1v) is 7.70. The van der Waals surface area contributed by atoms with E-state index < -0.39 is 24.7 Å². The quantitative estimate of drug-likeness (QED) is 0.843. The number of anilines is 1. The molecule has 0 aliphatic heterocycles. The van der Waals surface area contributed by atoms with Crippen molar-refractivity contribution in [2.75, 3.05) is 11.4 Å². The number of para-hydroxylation sites is 1. The summed E-state index contributed by atoms with van der Waals surface area (Å²) in [5.41, 5.74) is 0.227. The number of sulfonamides is 1. The van der Waals surface area contributed by atoms with Gasteiger partial charge in [0, 0.05) is 7.05 Å². The zero-order valence-electron chi connectivity index (χ0n) is 9.91. The van der Waals surface area contributed by atoms with Crippen molar-refractivity contribution in [3.05, 3.63) is 29.8 Å². The number of alkyl halides is 2. The van der Waals surface area contributed by atoms with Crippen molar-refractivity contribution in [2.45, 2.75) is 11.5 Å². The van der Waals surface area contributed by atoms with E-state index >= 15 is 0 Å². The molecule has 0 radical (unpaired) electrons. The molecule has 0 amide bonds. The van der Waals surface area contributed by atoms with Crippen molar-refractivity contribution in [3.63, 3.8) is 0 Å². The maximum Gasteiger partial charge on any atom is 0.489 e. The van der Waals surface area contributed by atoms with E-state index in [1.807, 2.05) is 0 Å². The molecule has 10 heteroatoms. The average molecular weight is 315 g/mol. The lowest BCUT2D eigenvalue weighted by Gasteiger charge is -2.24. The predicted octanol–water partition coefficient (Wildman–Crippen LogP) is 1.20. The number of aryl methyl sites for hydroxylation is 1. The van der Waals surface area contributed by atoms with Gasteiger partial charge in [-0.2, -0.15) is 25.6 Å². The molecule has 0 bridgehead atoms. The molecule has 108 valence electrons. The minimum atomic E-state index is -6.09. The second-order valence-electron chi connectivity index (χ2n) is 3.70. The maximum absolute atomic E-state index is 13.3. The van der Waals surface area contributed by atoms with Crippen LogP contribution < -0.4 is 4.31 Å². The van der Waals surface area contributed by atoms with E-state index in [0.29, 0.717) is 5.56 Å². The summed E-state index contributed by atoms with van der Waals surface area (Å²) in [6.45, 7) is 1.47. The highest BCUT2D eigenvalue weighted by atomic mass is 32.3. The zero-order valence-corrected chi connectivity index (χ0v) is 11.5. The fraction of sp³-hybridized carbons (Fsp3) is 0.333. The maximum atomic E-state index is 13.3. The Morgan fingerprint density at radius 1 is 1.16 bits per heavy atom. The van der Waals surface area contributed by atoms with Crippen LogP contribution in [0, 0.1) is 6.92 Å². The molecule has 0 unspecified atom stereocenters. The standard InChI is InChI=1S/C9H11F2NO5S2/c1-7-5-3-4-6-8(7)12(2)18(13,14)9(10,11)19(15,16)17/h3-6H,1-2H3,(H,15,16,17). The Morgan fingerprint density at radius 2 is 1.63 bits per heavy atom. The van der Waals surface area contributed by atoms with E-state index in [0.717, 1.165) is 7.05 Å². The molecule has 0 saturated carbocycles. The zero-order chi connectivity index (χ0) is 15.1. The summed E-state index contributed by atoms with van der Waals surface area (Å²) in [5.74, 6) is 0. The Hall–Kier alpha value is -1.26. The van der Waals surface area contributed by atoms with E-state index in [1.165, 1.54) is 25.1 Å². The van der Waals surface area contributed by atoms with E-state index in [2.05, 4.69) is 0 Å². The fourth-order valence-corrected chi connectivity index (χ4v) is 3.52. The third-order valence-corrected chi connectivity index (χ3v) is 5.80. The van der Waals surface area contributed by atoms with Crippen LogP contribution in [-0.2, 0) is 20.1 Å². The minimum absolute atomic E-state index is 0.120. The topological polar surface area (TPSA) is 91.8 Å². The monoisotopic (exact) mass is 315 g/mol. The summed E-state index contributed by atoms with van der Waals surface area (Å²) < 4.78 is 74.0. The number of hydrogen-bond donors (Lipinski definition) is 1. The molecular weight excluding hydrogens is 304 g/mol. The second-order valence-corrected chi connectivity index (χ2v) is 7.43. The Bertz CT molecular complexity index is 684. The van der Waals surface area contributed by atoms with E-state index in [9.17, 15) is 25.6 Å². The van der Waals surface area contributed by atoms with Crippen LogP contribution in [0.25, 0.3) is 0 Å². The van der Waals surface area contributed by atoms with Gasteiger partial charge in [-0.05, 0) is 18.6 Å². The van der Waals surface area contributed by atoms with Gasteiger partial charge in [0.15, 0.2) is 0 Å². The smallest absolute Gasteiger partial charge is 0.280 e. The highest BCUT2D eigenvalue weighted by molar-refractivity contribution is 8.08. The Balaban J connectivity index is 3.42. The molecule has 0 aliphatic carbocycles. The Kier molecular flexibility index (Phi) is 3.90. The van der Waals surface area contributed by atoms with Crippen LogP contribution in [0.2, 0.25) is 0 Å². The van der Waals surface area contributed by atoms with Gasteiger partial charge in [-0.15, -0.1) is 0 Å². The summed E-state index contributed by atoms with van der Waals surface area (Å²) >= 11 is 0. The largest absolute Gasteiger partial charge is 0.489 e. The van der Waals surface area contributed by atoms with Gasteiger partial charge in [0.05, 0.1) is 5.69 Å². The number of hydrogen-bond acceptors (Lipinski definition) is 4. The molecule has 1 rings (SSSR count). The summed E-state index contributed by atoms with van der Waals surface area (Å²) in [6, 6.07) is 5.65. The van der Waals surface area contributed by atoms with Gasteiger partial charge in [-0.25, -0.2) is 0 Å². The van der Waals surface area contributed by atoms with Gasteiger partial charge < -0.3 is 0 Å². The van der Waals surface area contributed by atoms with Gasteiger partial charge in [-0.3, -0.25) is 8.86 Å². The SMILES string of the molecule is Cc1ccccc1N(C)S(=O)(=O)C(F)(F)S(=O)(=O)O. The van der Waals surface area contributed by atoms with Gasteiger partial charge in [0.1, 0.15) is 0 Å². The minimum Gasteiger partial charge on any atom is -0.280 e. The van der Waals surface area contributed by atoms with Gasteiger partial charge in [0.25, 0.3) is 0 Å². The van der Waals surface area contributed by atoms with Crippen molar-refractivity contribution in [1.82, 2.24) is 0 Å². The highest BCUT2D eigenvalue weighted by Gasteiger charge is 2.59. The number of halogens is 2. The third kappa shape index (κ3) is 2.55. The molecule has 1 N–H and O–H groups in total. The molecule has 0 heterocycles. The molecule has 1 aromatic carbocycles. The summed E-state index contributed by atoms with van der Waals surface area (Å²) in [6.07, 6.45) is 0.